The van der Waals surface area contributed by atoms with E-state index in [2.05, 4.69) is 17.0 Å². The van der Waals surface area contributed by atoms with Crippen molar-refractivity contribution in [2.75, 3.05) is 19.6 Å². The fourth-order valence-corrected chi connectivity index (χ4v) is 3.64. The maximum absolute atomic E-state index is 13.0. The highest BCUT2D eigenvalue weighted by Gasteiger charge is 2.22. The van der Waals surface area contributed by atoms with Gasteiger partial charge in [-0.2, -0.15) is 0 Å². The molecule has 0 spiro atoms. The van der Waals surface area contributed by atoms with E-state index in [9.17, 15) is 4.79 Å². The third-order valence-electron chi connectivity index (χ3n) is 4.99. The first kappa shape index (κ1) is 16.9. The number of hydrogen-bond acceptors (Lipinski definition) is 2. The van der Waals surface area contributed by atoms with E-state index in [0.29, 0.717) is 0 Å². The molecule has 0 bridgehead atoms. The van der Waals surface area contributed by atoms with Crippen LogP contribution in [0.1, 0.15) is 53.9 Å². The number of Topliss-reactive ketones (excluding diaryl/α,β-unsaturated/α-hetero) is 1. The Morgan fingerprint density at radius 3 is 2.17 bits per heavy atom. The van der Waals surface area contributed by atoms with Gasteiger partial charge in [0.15, 0.2) is 5.78 Å². The van der Waals surface area contributed by atoms with Gasteiger partial charge in [0.25, 0.3) is 0 Å². The molecule has 1 heterocycles. The second-order valence-corrected chi connectivity index (χ2v) is 6.74. The Bertz CT molecular complexity index is 617. The molecule has 126 valence electrons. The summed E-state index contributed by atoms with van der Waals surface area (Å²) >= 11 is 0. The minimum atomic E-state index is -0.0293. The van der Waals surface area contributed by atoms with Gasteiger partial charge in [0.05, 0.1) is 0 Å². The van der Waals surface area contributed by atoms with Crippen LogP contribution in [0.15, 0.2) is 60.7 Å². The van der Waals surface area contributed by atoms with Crippen LogP contribution in [0.4, 0.5) is 0 Å². The predicted molar refractivity (Wildman–Crippen MR) is 99.5 cm³/mol. The average molecular weight is 321 g/mol. The second-order valence-electron chi connectivity index (χ2n) is 6.74. The van der Waals surface area contributed by atoms with Gasteiger partial charge in [-0.25, -0.2) is 0 Å². The molecule has 0 aliphatic carbocycles. The number of rotatable bonds is 7. The van der Waals surface area contributed by atoms with Gasteiger partial charge >= 0.3 is 0 Å². The molecule has 0 N–H and O–H groups in total. The molecular weight excluding hydrogens is 294 g/mol. The van der Waals surface area contributed by atoms with Crippen molar-refractivity contribution in [3.8, 4) is 0 Å². The van der Waals surface area contributed by atoms with E-state index in [-0.39, 0.29) is 11.7 Å². The van der Waals surface area contributed by atoms with Crippen molar-refractivity contribution in [1.82, 2.24) is 4.90 Å². The number of nitrogens with zero attached hydrogens (tertiary/aromatic N) is 1. The van der Waals surface area contributed by atoms with Crippen LogP contribution in [0.3, 0.4) is 0 Å². The van der Waals surface area contributed by atoms with Gasteiger partial charge in [0.2, 0.25) is 0 Å². The highest BCUT2D eigenvalue weighted by atomic mass is 16.1. The first-order valence-electron chi connectivity index (χ1n) is 9.21. The Morgan fingerprint density at radius 2 is 1.50 bits per heavy atom. The first-order valence-corrected chi connectivity index (χ1v) is 9.21. The standard InChI is InChI=1S/C22H27NO/c24-22(20-13-6-2-7-14-20)21(19-11-4-1-5-12-19)15-10-18-23-16-8-3-9-17-23/h1-2,4-7,11-14,21H,3,8-10,15-18H2. The SMILES string of the molecule is O=C(c1ccccc1)C(CCCN1CCCCC1)c1ccccc1. The van der Waals surface area contributed by atoms with Gasteiger partial charge in [-0.1, -0.05) is 67.1 Å². The number of carbonyl (C=O) groups is 1. The minimum absolute atomic E-state index is 0.0293. The zero-order valence-electron chi connectivity index (χ0n) is 14.4. The molecule has 1 fully saturated rings. The van der Waals surface area contributed by atoms with Crippen LogP contribution in [-0.2, 0) is 0 Å². The summed E-state index contributed by atoms with van der Waals surface area (Å²) in [7, 11) is 0. The fraction of sp³-hybridized carbons (Fsp3) is 0.409. The van der Waals surface area contributed by atoms with E-state index in [1.54, 1.807) is 0 Å². The molecule has 2 nitrogen and oxygen atoms in total. The van der Waals surface area contributed by atoms with Crippen LogP contribution >= 0.6 is 0 Å². The lowest BCUT2D eigenvalue weighted by molar-refractivity contribution is 0.0951. The molecule has 0 aromatic heterocycles. The molecule has 2 heteroatoms. The van der Waals surface area contributed by atoms with Crippen LogP contribution in [0.2, 0.25) is 0 Å². The van der Waals surface area contributed by atoms with Crippen LogP contribution in [-0.4, -0.2) is 30.3 Å². The highest BCUT2D eigenvalue weighted by molar-refractivity contribution is 6.00. The number of carbonyl (C=O) groups excluding carboxylic acids is 1. The molecule has 0 amide bonds. The summed E-state index contributed by atoms with van der Waals surface area (Å²) in [5, 5.41) is 0. The molecule has 1 aliphatic heterocycles. The molecule has 3 rings (SSSR count). The van der Waals surface area contributed by atoms with Crippen LogP contribution in [0.5, 0.6) is 0 Å². The lowest BCUT2D eigenvalue weighted by Crippen LogP contribution is -2.31. The molecular formula is C22H27NO. The third-order valence-corrected chi connectivity index (χ3v) is 4.99. The summed E-state index contributed by atoms with van der Waals surface area (Å²) in [6.45, 7) is 3.57. The molecule has 1 atom stereocenters. The van der Waals surface area contributed by atoms with Crippen LogP contribution < -0.4 is 0 Å². The van der Waals surface area contributed by atoms with Gasteiger partial charge in [-0.15, -0.1) is 0 Å². The van der Waals surface area contributed by atoms with Gasteiger partial charge in [-0.05, 0) is 50.9 Å². The molecule has 2 aromatic rings. The van der Waals surface area contributed by atoms with Crippen molar-refractivity contribution in [3.05, 3.63) is 71.8 Å². The smallest absolute Gasteiger partial charge is 0.170 e. The zero-order chi connectivity index (χ0) is 16.6. The van der Waals surface area contributed by atoms with E-state index >= 15 is 0 Å². The number of piperidine rings is 1. The highest BCUT2D eigenvalue weighted by Crippen LogP contribution is 2.26. The molecule has 24 heavy (non-hydrogen) atoms. The van der Waals surface area contributed by atoms with E-state index in [1.165, 1.54) is 32.4 Å². The van der Waals surface area contributed by atoms with Crippen molar-refractivity contribution < 1.29 is 4.79 Å². The predicted octanol–water partition coefficient (Wildman–Crippen LogP) is 4.92. The lowest BCUT2D eigenvalue weighted by Gasteiger charge is -2.27. The normalized spacial score (nSPS) is 16.7. The van der Waals surface area contributed by atoms with Crippen molar-refractivity contribution in [2.24, 2.45) is 0 Å². The molecule has 2 aromatic carbocycles. The largest absolute Gasteiger partial charge is 0.303 e. The maximum Gasteiger partial charge on any atom is 0.170 e. The topological polar surface area (TPSA) is 20.3 Å². The number of benzene rings is 2. The fourth-order valence-electron chi connectivity index (χ4n) is 3.64. The second kappa shape index (κ2) is 8.79. The lowest BCUT2D eigenvalue weighted by atomic mass is 9.87. The van der Waals surface area contributed by atoms with Gasteiger partial charge < -0.3 is 4.90 Å². The Balaban J connectivity index is 1.67. The summed E-state index contributed by atoms with van der Waals surface area (Å²) in [4.78, 5) is 15.6. The van der Waals surface area contributed by atoms with Crippen LogP contribution in [0, 0.1) is 0 Å². The Kier molecular flexibility index (Phi) is 6.20. The molecule has 0 radical (unpaired) electrons. The maximum atomic E-state index is 13.0. The van der Waals surface area contributed by atoms with Crippen LogP contribution in [0.25, 0.3) is 0 Å². The number of likely N-dealkylation sites (tertiary alicyclic amines) is 1. The average Bonchev–Trinajstić information content (AvgIpc) is 2.67. The van der Waals surface area contributed by atoms with Crippen molar-refractivity contribution >= 4 is 5.78 Å². The minimum Gasteiger partial charge on any atom is -0.303 e. The summed E-state index contributed by atoms with van der Waals surface area (Å²) in [5.74, 6) is 0.221. The third kappa shape index (κ3) is 4.55. The van der Waals surface area contributed by atoms with E-state index in [1.807, 2.05) is 48.5 Å². The number of ketones is 1. The van der Waals surface area contributed by atoms with Gasteiger partial charge in [0, 0.05) is 11.5 Å². The summed E-state index contributed by atoms with van der Waals surface area (Å²) in [6, 6.07) is 20.0. The molecule has 0 saturated carbocycles. The summed E-state index contributed by atoms with van der Waals surface area (Å²) in [6.07, 6.45) is 6.03. The quantitative estimate of drug-likeness (QED) is 0.675. The Hall–Kier alpha value is -1.93. The van der Waals surface area contributed by atoms with Crippen molar-refractivity contribution in [2.45, 2.75) is 38.0 Å². The van der Waals surface area contributed by atoms with E-state index < -0.39 is 0 Å². The monoisotopic (exact) mass is 321 g/mol. The molecule has 1 saturated heterocycles. The molecule has 1 unspecified atom stereocenters. The Morgan fingerprint density at radius 1 is 0.875 bits per heavy atom. The van der Waals surface area contributed by atoms with Gasteiger partial charge in [0.1, 0.15) is 0 Å². The van der Waals surface area contributed by atoms with E-state index in [0.717, 1.165) is 30.5 Å². The molecule has 1 aliphatic rings. The van der Waals surface area contributed by atoms with Crippen molar-refractivity contribution in [3.63, 3.8) is 0 Å². The Labute approximate surface area is 145 Å². The van der Waals surface area contributed by atoms with Gasteiger partial charge in [-0.3, -0.25) is 4.79 Å². The van der Waals surface area contributed by atoms with E-state index in [4.69, 9.17) is 0 Å². The zero-order valence-corrected chi connectivity index (χ0v) is 14.4. The summed E-state index contributed by atoms with van der Waals surface area (Å²) in [5.41, 5.74) is 1.97. The summed E-state index contributed by atoms with van der Waals surface area (Å²) < 4.78 is 0. The van der Waals surface area contributed by atoms with Crippen molar-refractivity contribution in [1.29, 1.82) is 0 Å². The first-order chi connectivity index (χ1) is 11.8. The number of hydrogen-bond donors (Lipinski definition) is 0.